The second-order valence-corrected chi connectivity index (χ2v) is 6.47. The monoisotopic (exact) mass is 313 g/mol. The van der Waals surface area contributed by atoms with Gasteiger partial charge in [-0.15, -0.1) is 0 Å². The van der Waals surface area contributed by atoms with Gasteiger partial charge in [0.2, 0.25) is 15.9 Å². The minimum Gasteiger partial charge on any atom is -0.444 e. The van der Waals surface area contributed by atoms with Crippen molar-refractivity contribution in [2.24, 2.45) is 0 Å². The summed E-state index contributed by atoms with van der Waals surface area (Å²) in [6, 6.07) is 1.45. The molecule has 0 bridgehead atoms. The molecule has 0 aliphatic heterocycles. The van der Waals surface area contributed by atoms with Crippen molar-refractivity contribution in [3.63, 3.8) is 0 Å². The molecule has 1 aromatic heterocycles. The number of aromatic nitrogens is 1. The molecule has 0 spiro atoms. The average molecular weight is 313 g/mol. The number of nitrogen functional groups attached to an aromatic ring is 1. The van der Waals surface area contributed by atoms with Gasteiger partial charge in [-0.05, 0) is 38.5 Å². The summed E-state index contributed by atoms with van der Waals surface area (Å²) in [5.74, 6) is -0.0941. The molecule has 0 saturated carbocycles. The Morgan fingerprint density at radius 1 is 1.38 bits per heavy atom. The molecule has 0 fully saturated rings. The molecule has 0 amide bonds. The van der Waals surface area contributed by atoms with Crippen molar-refractivity contribution in [1.82, 2.24) is 9.71 Å². The van der Waals surface area contributed by atoms with Gasteiger partial charge in [0.25, 0.3) is 0 Å². The predicted molar refractivity (Wildman–Crippen MR) is 75.5 cm³/mol. The van der Waals surface area contributed by atoms with E-state index in [1.54, 1.807) is 20.8 Å². The number of hydrogen-bond acceptors (Lipinski definition) is 5. The fraction of sp³-hybridized carbons (Fsp3) is 0.308. The lowest BCUT2D eigenvalue weighted by molar-refractivity contribution is 0.427. The number of oxazole rings is 1. The lowest BCUT2D eigenvalue weighted by Crippen LogP contribution is -2.28. The van der Waals surface area contributed by atoms with Gasteiger partial charge in [0, 0.05) is 5.69 Å². The van der Waals surface area contributed by atoms with E-state index in [9.17, 15) is 12.8 Å². The molecule has 2 rings (SSSR count). The van der Waals surface area contributed by atoms with Crippen LogP contribution in [0.2, 0.25) is 0 Å². The molecule has 6 nitrogen and oxygen atoms in total. The normalized spacial score (nSPS) is 13.3. The van der Waals surface area contributed by atoms with Crippen LogP contribution in [0, 0.1) is 19.7 Å². The Morgan fingerprint density at radius 2 is 2.05 bits per heavy atom. The van der Waals surface area contributed by atoms with E-state index < -0.39 is 26.8 Å². The highest BCUT2D eigenvalue weighted by Gasteiger charge is 2.25. The maximum atomic E-state index is 13.9. The molecule has 21 heavy (non-hydrogen) atoms. The van der Waals surface area contributed by atoms with E-state index in [-0.39, 0.29) is 11.6 Å². The zero-order chi connectivity index (χ0) is 15.8. The molecule has 2 aromatic rings. The predicted octanol–water partition coefficient (Wildman–Crippen LogP) is 2.05. The van der Waals surface area contributed by atoms with Crippen LogP contribution in [-0.4, -0.2) is 13.4 Å². The third-order valence-corrected chi connectivity index (χ3v) is 4.51. The highest BCUT2D eigenvalue weighted by atomic mass is 32.2. The Bertz CT molecular complexity index is 771. The molecule has 3 N–H and O–H groups in total. The van der Waals surface area contributed by atoms with E-state index >= 15 is 0 Å². The highest BCUT2D eigenvalue weighted by Crippen LogP contribution is 2.23. The Balaban J connectivity index is 2.32. The summed E-state index contributed by atoms with van der Waals surface area (Å²) >= 11 is 0. The number of aryl methyl sites for hydroxylation is 2. The van der Waals surface area contributed by atoms with Crippen LogP contribution in [0.5, 0.6) is 0 Å². The van der Waals surface area contributed by atoms with Gasteiger partial charge in [0.05, 0.1) is 12.2 Å². The van der Waals surface area contributed by atoms with Gasteiger partial charge in [0.1, 0.15) is 16.5 Å². The van der Waals surface area contributed by atoms with Crippen molar-refractivity contribution < 1.29 is 17.2 Å². The summed E-state index contributed by atoms with van der Waals surface area (Å²) in [6.07, 6.45) is 1.48. The Labute approximate surface area is 122 Å². The van der Waals surface area contributed by atoms with E-state index in [0.717, 1.165) is 12.1 Å². The zero-order valence-electron chi connectivity index (χ0n) is 11.8. The Kier molecular flexibility index (Phi) is 4.02. The molecule has 0 aliphatic carbocycles. The van der Waals surface area contributed by atoms with Crippen LogP contribution >= 0.6 is 0 Å². The van der Waals surface area contributed by atoms with Gasteiger partial charge in [-0.2, -0.15) is 4.72 Å². The van der Waals surface area contributed by atoms with E-state index in [1.165, 1.54) is 6.20 Å². The molecule has 0 saturated heterocycles. The van der Waals surface area contributed by atoms with E-state index in [0.29, 0.717) is 11.3 Å². The Hall–Kier alpha value is -1.93. The third kappa shape index (κ3) is 3.22. The van der Waals surface area contributed by atoms with Gasteiger partial charge in [-0.25, -0.2) is 17.8 Å². The van der Waals surface area contributed by atoms with Gasteiger partial charge in [-0.1, -0.05) is 0 Å². The number of sulfonamides is 1. The summed E-state index contributed by atoms with van der Waals surface area (Å²) in [5.41, 5.74) is 6.32. The number of halogens is 1. The molecule has 114 valence electrons. The van der Waals surface area contributed by atoms with Crippen molar-refractivity contribution in [2.75, 3.05) is 5.73 Å². The molecule has 8 heteroatoms. The standard InChI is InChI=1S/C13H16FN3O3S/c1-7-4-10(14)12(5-11(7)15)21(18,19)17-9(3)13-16-6-8(2)20-13/h4-6,9,17H,15H2,1-3H3. The third-order valence-electron chi connectivity index (χ3n) is 2.95. The van der Waals surface area contributed by atoms with Crippen LogP contribution < -0.4 is 10.5 Å². The molecule has 0 radical (unpaired) electrons. The van der Waals surface area contributed by atoms with Crippen LogP contribution in [0.25, 0.3) is 0 Å². The number of benzene rings is 1. The van der Waals surface area contributed by atoms with Gasteiger partial charge >= 0.3 is 0 Å². The van der Waals surface area contributed by atoms with E-state index in [4.69, 9.17) is 10.2 Å². The first-order valence-corrected chi connectivity index (χ1v) is 7.69. The summed E-state index contributed by atoms with van der Waals surface area (Å²) < 4.78 is 45.9. The molecular formula is C13H16FN3O3S. The maximum absolute atomic E-state index is 13.9. The minimum atomic E-state index is -4.07. The lowest BCUT2D eigenvalue weighted by Gasteiger charge is -2.13. The average Bonchev–Trinajstić information content (AvgIpc) is 2.80. The molecule has 1 aromatic carbocycles. The molecular weight excluding hydrogens is 297 g/mol. The van der Waals surface area contributed by atoms with E-state index in [2.05, 4.69) is 9.71 Å². The maximum Gasteiger partial charge on any atom is 0.244 e. The minimum absolute atomic E-state index is 0.205. The van der Waals surface area contributed by atoms with Crippen molar-refractivity contribution in [3.8, 4) is 0 Å². The first-order valence-electron chi connectivity index (χ1n) is 6.21. The number of rotatable bonds is 4. The van der Waals surface area contributed by atoms with Crippen molar-refractivity contribution >= 4 is 15.7 Å². The summed E-state index contributed by atoms with van der Waals surface area (Å²) in [7, 11) is -4.07. The largest absolute Gasteiger partial charge is 0.444 e. The fourth-order valence-corrected chi connectivity index (χ4v) is 3.08. The number of nitrogens with one attached hydrogen (secondary N) is 1. The highest BCUT2D eigenvalue weighted by molar-refractivity contribution is 7.89. The van der Waals surface area contributed by atoms with Crippen LogP contribution in [0.1, 0.15) is 30.2 Å². The van der Waals surface area contributed by atoms with Gasteiger partial charge in [-0.3, -0.25) is 0 Å². The lowest BCUT2D eigenvalue weighted by atomic mass is 10.2. The summed E-state index contributed by atoms with van der Waals surface area (Å²) in [6.45, 7) is 4.84. The fourth-order valence-electron chi connectivity index (χ4n) is 1.79. The molecule has 1 heterocycles. The van der Waals surface area contributed by atoms with Crippen molar-refractivity contribution in [1.29, 1.82) is 0 Å². The Morgan fingerprint density at radius 3 is 2.62 bits per heavy atom. The zero-order valence-corrected chi connectivity index (χ0v) is 12.7. The van der Waals surface area contributed by atoms with Crippen LogP contribution in [0.3, 0.4) is 0 Å². The number of nitrogens with zero attached hydrogens (tertiary/aromatic N) is 1. The quantitative estimate of drug-likeness (QED) is 0.842. The van der Waals surface area contributed by atoms with Gasteiger partial charge < -0.3 is 10.2 Å². The number of anilines is 1. The molecule has 0 aliphatic rings. The number of hydrogen-bond donors (Lipinski definition) is 2. The van der Waals surface area contributed by atoms with Crippen molar-refractivity contribution in [2.45, 2.75) is 31.7 Å². The van der Waals surface area contributed by atoms with Crippen LogP contribution in [-0.2, 0) is 10.0 Å². The molecule has 1 unspecified atom stereocenters. The van der Waals surface area contributed by atoms with Crippen LogP contribution in [0.4, 0.5) is 10.1 Å². The number of nitrogens with two attached hydrogens (primary N) is 1. The van der Waals surface area contributed by atoms with Crippen LogP contribution in [0.15, 0.2) is 27.6 Å². The first kappa shape index (κ1) is 15.5. The van der Waals surface area contributed by atoms with Crippen molar-refractivity contribution in [3.05, 3.63) is 41.4 Å². The summed E-state index contributed by atoms with van der Waals surface area (Å²) in [4.78, 5) is 3.44. The topological polar surface area (TPSA) is 98.2 Å². The SMILES string of the molecule is Cc1cnc(C(C)NS(=O)(=O)c2cc(N)c(C)cc2F)o1. The van der Waals surface area contributed by atoms with Gasteiger partial charge in [0.15, 0.2) is 0 Å². The second kappa shape index (κ2) is 5.45. The first-order chi connectivity index (χ1) is 9.70. The smallest absolute Gasteiger partial charge is 0.244 e. The second-order valence-electron chi connectivity index (χ2n) is 4.79. The summed E-state index contributed by atoms with van der Waals surface area (Å²) in [5, 5.41) is 0. The molecule has 1 atom stereocenters. The van der Waals surface area contributed by atoms with E-state index in [1.807, 2.05) is 0 Å².